The second kappa shape index (κ2) is 5.36. The quantitative estimate of drug-likeness (QED) is 0.451. The predicted molar refractivity (Wildman–Crippen MR) is 92.1 cm³/mol. The van der Waals surface area contributed by atoms with Crippen molar-refractivity contribution in [3.63, 3.8) is 0 Å². The number of rotatable bonds is 2. The van der Waals surface area contributed by atoms with Crippen LogP contribution in [-0.2, 0) is 0 Å². The van der Waals surface area contributed by atoms with Gasteiger partial charge in [0, 0.05) is 9.64 Å². The molecule has 0 fully saturated rings. The summed E-state index contributed by atoms with van der Waals surface area (Å²) in [6, 6.07) is 11.5. The van der Waals surface area contributed by atoms with Gasteiger partial charge in [-0.15, -0.1) is 10.2 Å². The number of aromatic nitrogens is 4. The summed E-state index contributed by atoms with van der Waals surface area (Å²) in [5, 5.41) is 8.22. The minimum atomic E-state index is 0.513. The largest absolute Gasteiger partial charge is 0.436 e. The van der Waals surface area contributed by atoms with E-state index in [4.69, 9.17) is 16.0 Å². The highest BCUT2D eigenvalue weighted by Crippen LogP contribution is 2.31. The molecule has 0 aliphatic rings. The third-order valence-corrected chi connectivity index (χ3v) is 4.25. The lowest BCUT2D eigenvalue weighted by Crippen LogP contribution is -1.88. The molecular formula is C15H8ClIN4O. The molecule has 7 heteroatoms. The molecule has 0 spiro atoms. The van der Waals surface area contributed by atoms with E-state index in [1.165, 1.54) is 0 Å². The summed E-state index contributed by atoms with van der Waals surface area (Å²) in [7, 11) is 0. The lowest BCUT2D eigenvalue weighted by Gasteiger charge is -1.99. The van der Waals surface area contributed by atoms with Crippen molar-refractivity contribution in [1.29, 1.82) is 0 Å². The summed E-state index contributed by atoms with van der Waals surface area (Å²) in [5.41, 5.74) is 3.17. The normalized spacial score (nSPS) is 11.2. The molecule has 0 atom stereocenters. The Balaban J connectivity index is 1.85. The number of fused-ring (bicyclic) bond motifs is 1. The number of hydrogen-bond acceptors (Lipinski definition) is 4. The highest BCUT2D eigenvalue weighted by atomic mass is 127. The van der Waals surface area contributed by atoms with E-state index in [9.17, 15) is 0 Å². The first-order valence-corrected chi connectivity index (χ1v) is 7.87. The maximum atomic E-state index is 6.25. The van der Waals surface area contributed by atoms with Crippen LogP contribution in [0.5, 0.6) is 0 Å². The van der Waals surface area contributed by atoms with Gasteiger partial charge in [0.15, 0.2) is 5.58 Å². The van der Waals surface area contributed by atoms with Crippen molar-refractivity contribution in [2.75, 3.05) is 0 Å². The third kappa shape index (κ3) is 2.38. The second-order valence-corrected chi connectivity index (χ2v) is 6.32. The topological polar surface area (TPSA) is 56.7 Å². The fourth-order valence-electron chi connectivity index (χ4n) is 2.18. The molecule has 0 aliphatic carbocycles. The van der Waals surface area contributed by atoms with Gasteiger partial charge in [0.05, 0.1) is 16.3 Å². The van der Waals surface area contributed by atoms with Crippen molar-refractivity contribution in [3.8, 4) is 17.1 Å². The molecule has 0 saturated carbocycles. The molecule has 0 radical (unpaired) electrons. The van der Waals surface area contributed by atoms with E-state index < -0.39 is 0 Å². The predicted octanol–water partition coefficient (Wildman–Crippen LogP) is 4.33. The van der Waals surface area contributed by atoms with E-state index in [2.05, 4.69) is 37.8 Å². The second-order valence-electron chi connectivity index (χ2n) is 4.66. The molecule has 4 aromatic rings. The van der Waals surface area contributed by atoms with Crippen LogP contribution < -0.4 is 0 Å². The first kappa shape index (κ1) is 13.7. The van der Waals surface area contributed by atoms with Gasteiger partial charge in [-0.1, -0.05) is 11.6 Å². The maximum Gasteiger partial charge on any atom is 0.228 e. The summed E-state index contributed by atoms with van der Waals surface area (Å²) in [5.74, 6) is 0.513. The molecule has 2 aromatic carbocycles. The van der Waals surface area contributed by atoms with Gasteiger partial charge in [0.2, 0.25) is 5.89 Å². The maximum absolute atomic E-state index is 6.25. The number of nitrogens with zero attached hydrogens (tertiary/aromatic N) is 4. The number of benzene rings is 2. The Kier molecular flexibility index (Phi) is 3.34. The van der Waals surface area contributed by atoms with E-state index >= 15 is 0 Å². The lowest BCUT2D eigenvalue weighted by molar-refractivity contribution is 0.619. The molecule has 2 aromatic heterocycles. The molecule has 0 amide bonds. The number of hydrogen-bond donors (Lipinski definition) is 0. The van der Waals surface area contributed by atoms with Crippen LogP contribution in [0.2, 0.25) is 5.02 Å². The Hall–Kier alpha value is -1.93. The Morgan fingerprint density at radius 2 is 1.86 bits per heavy atom. The Morgan fingerprint density at radius 3 is 2.68 bits per heavy atom. The molecule has 0 aliphatic heterocycles. The molecule has 0 N–H and O–H groups in total. The van der Waals surface area contributed by atoms with Crippen molar-refractivity contribution < 1.29 is 4.42 Å². The van der Waals surface area contributed by atoms with Crippen molar-refractivity contribution in [3.05, 3.63) is 57.6 Å². The highest BCUT2D eigenvalue weighted by Gasteiger charge is 2.13. The van der Waals surface area contributed by atoms with Gasteiger partial charge in [-0.25, -0.2) is 4.98 Å². The van der Waals surface area contributed by atoms with Crippen LogP contribution in [0.25, 0.3) is 28.2 Å². The third-order valence-electron chi connectivity index (χ3n) is 3.25. The molecule has 22 heavy (non-hydrogen) atoms. The van der Waals surface area contributed by atoms with Crippen LogP contribution in [-0.4, -0.2) is 19.7 Å². The molecule has 5 nitrogen and oxygen atoms in total. The Morgan fingerprint density at radius 1 is 1.05 bits per heavy atom. The van der Waals surface area contributed by atoms with Crippen LogP contribution in [0.1, 0.15) is 0 Å². The van der Waals surface area contributed by atoms with Gasteiger partial charge in [0.25, 0.3) is 0 Å². The molecule has 108 valence electrons. The minimum Gasteiger partial charge on any atom is -0.436 e. The number of halogens is 2. The van der Waals surface area contributed by atoms with E-state index in [1.54, 1.807) is 17.2 Å². The molecular weight excluding hydrogens is 415 g/mol. The van der Waals surface area contributed by atoms with Crippen LogP contribution >= 0.6 is 34.2 Å². The fraction of sp³-hybridized carbons (Fsp3) is 0. The first-order chi connectivity index (χ1) is 10.7. The highest BCUT2D eigenvalue weighted by molar-refractivity contribution is 14.1. The SMILES string of the molecule is Clc1ccc(I)cc1-c1nc2ccc(-n3cnnc3)cc2o1. The summed E-state index contributed by atoms with van der Waals surface area (Å²) in [4.78, 5) is 4.51. The Bertz CT molecular complexity index is 965. The van der Waals surface area contributed by atoms with Gasteiger partial charge >= 0.3 is 0 Å². The van der Waals surface area contributed by atoms with Gasteiger partial charge in [-0.3, -0.25) is 4.57 Å². The van der Waals surface area contributed by atoms with E-state index in [1.807, 2.05) is 36.4 Å². The summed E-state index contributed by atoms with van der Waals surface area (Å²) >= 11 is 8.48. The fourth-order valence-corrected chi connectivity index (χ4v) is 2.87. The van der Waals surface area contributed by atoms with Crippen LogP contribution in [0.4, 0.5) is 0 Å². The van der Waals surface area contributed by atoms with Crippen LogP contribution in [0.15, 0.2) is 53.5 Å². The lowest BCUT2D eigenvalue weighted by atomic mass is 10.2. The standard InChI is InChI=1S/C15H8ClIN4O/c16-12-3-1-9(17)5-11(12)15-20-13-4-2-10(6-14(13)22-15)21-7-18-19-8-21/h1-8H. The van der Waals surface area contributed by atoms with Gasteiger partial charge in [0.1, 0.15) is 18.2 Å². The van der Waals surface area contributed by atoms with Crippen molar-refractivity contribution in [2.45, 2.75) is 0 Å². The summed E-state index contributed by atoms with van der Waals surface area (Å²) < 4.78 is 8.75. The average molecular weight is 423 g/mol. The smallest absolute Gasteiger partial charge is 0.228 e. The molecule has 2 heterocycles. The molecule has 4 rings (SSSR count). The molecule has 0 unspecified atom stereocenters. The number of oxazole rings is 1. The summed E-state index contributed by atoms with van der Waals surface area (Å²) in [6.45, 7) is 0. The van der Waals surface area contributed by atoms with E-state index in [0.717, 1.165) is 20.3 Å². The summed E-state index contributed by atoms with van der Waals surface area (Å²) in [6.07, 6.45) is 3.27. The average Bonchev–Trinajstić information content (AvgIpc) is 3.17. The van der Waals surface area contributed by atoms with Crippen LogP contribution in [0, 0.1) is 3.57 Å². The van der Waals surface area contributed by atoms with Crippen molar-refractivity contribution >= 4 is 45.3 Å². The van der Waals surface area contributed by atoms with Crippen molar-refractivity contribution in [1.82, 2.24) is 19.7 Å². The van der Waals surface area contributed by atoms with Gasteiger partial charge in [-0.2, -0.15) is 0 Å². The zero-order valence-electron chi connectivity index (χ0n) is 11.1. The molecule has 0 saturated heterocycles. The van der Waals surface area contributed by atoms with Crippen molar-refractivity contribution in [2.24, 2.45) is 0 Å². The minimum absolute atomic E-state index is 0.513. The zero-order valence-corrected chi connectivity index (χ0v) is 14.0. The zero-order chi connectivity index (χ0) is 15.1. The first-order valence-electron chi connectivity index (χ1n) is 6.42. The van der Waals surface area contributed by atoms with E-state index in [0.29, 0.717) is 16.5 Å². The van der Waals surface area contributed by atoms with Gasteiger partial charge < -0.3 is 4.42 Å². The van der Waals surface area contributed by atoms with Crippen LogP contribution in [0.3, 0.4) is 0 Å². The Labute approximate surface area is 144 Å². The van der Waals surface area contributed by atoms with E-state index in [-0.39, 0.29) is 0 Å². The monoisotopic (exact) mass is 422 g/mol. The molecule has 0 bridgehead atoms. The van der Waals surface area contributed by atoms with Gasteiger partial charge in [-0.05, 0) is 52.9 Å².